The fourth-order valence-corrected chi connectivity index (χ4v) is 7.93. The highest BCUT2D eigenvalue weighted by Crippen LogP contribution is 2.42. The van der Waals surface area contributed by atoms with Crippen molar-refractivity contribution in [1.82, 2.24) is 19.1 Å². The van der Waals surface area contributed by atoms with E-state index >= 15 is 0 Å². The van der Waals surface area contributed by atoms with E-state index in [1.807, 2.05) is 18.2 Å². The van der Waals surface area contributed by atoms with Gasteiger partial charge < -0.3 is 8.98 Å². The molecule has 0 spiro atoms. The van der Waals surface area contributed by atoms with E-state index in [9.17, 15) is 0 Å². The molecule has 11 rings (SSSR count). The van der Waals surface area contributed by atoms with Gasteiger partial charge in [0.1, 0.15) is 11.2 Å². The molecule has 0 radical (unpaired) electrons. The number of hydrogen-bond acceptors (Lipinski definition) is 3. The van der Waals surface area contributed by atoms with E-state index in [-0.39, 0.29) is 0 Å². The van der Waals surface area contributed by atoms with Gasteiger partial charge in [-0.25, -0.2) is 9.97 Å². The molecule has 0 saturated carbocycles. The molecule has 0 saturated heterocycles. The predicted octanol–water partition coefficient (Wildman–Crippen LogP) is 11.9. The summed E-state index contributed by atoms with van der Waals surface area (Å²) < 4.78 is 11.2. The fourth-order valence-electron chi connectivity index (χ4n) is 7.93. The first-order valence-corrected chi connectivity index (χ1v) is 17.2. The van der Waals surface area contributed by atoms with Crippen molar-refractivity contribution in [3.8, 4) is 34.2 Å². The largest absolute Gasteiger partial charge is 0.455 e. The number of fused-ring (bicyclic) bond motifs is 10. The van der Waals surface area contributed by atoms with Crippen LogP contribution in [0.15, 0.2) is 174 Å². The second kappa shape index (κ2) is 10.8. The molecule has 0 unspecified atom stereocenters. The minimum Gasteiger partial charge on any atom is -0.455 e. The Morgan fingerprint density at radius 2 is 0.980 bits per heavy atom. The average molecular weight is 653 g/mol. The number of rotatable bonds is 4. The van der Waals surface area contributed by atoms with Crippen molar-refractivity contribution in [2.75, 3.05) is 0 Å². The van der Waals surface area contributed by atoms with Gasteiger partial charge in [0.05, 0.1) is 33.5 Å². The molecule has 0 N–H and O–H groups in total. The normalized spacial score (nSPS) is 11.9. The maximum atomic E-state index is 6.54. The summed E-state index contributed by atoms with van der Waals surface area (Å²) in [6, 6.07) is 59.3. The second-order valence-electron chi connectivity index (χ2n) is 13.0. The number of nitrogens with zero attached hydrogens (tertiary/aromatic N) is 4. The Bertz CT molecular complexity index is 3130. The summed E-state index contributed by atoms with van der Waals surface area (Å²) in [4.78, 5) is 10.8. The SMILES string of the molecule is c1ccc(-c2cc(-c3cccc4c3oc3ccccc34)nc(-n3c4ccccc4c4ccc5c6ccccc6n(-c6ccccc6)c5c43)n2)cc1. The van der Waals surface area contributed by atoms with Crippen molar-refractivity contribution >= 4 is 65.6 Å². The molecule has 0 aliphatic carbocycles. The molecule has 51 heavy (non-hydrogen) atoms. The molecule has 4 heterocycles. The van der Waals surface area contributed by atoms with Crippen LogP contribution in [0, 0.1) is 0 Å². The van der Waals surface area contributed by atoms with Gasteiger partial charge in [-0.3, -0.25) is 4.57 Å². The van der Waals surface area contributed by atoms with E-state index in [1.165, 1.54) is 10.8 Å². The first-order chi connectivity index (χ1) is 25.3. The highest BCUT2D eigenvalue weighted by atomic mass is 16.3. The molecule has 5 heteroatoms. The summed E-state index contributed by atoms with van der Waals surface area (Å²) in [6.07, 6.45) is 0. The third kappa shape index (κ3) is 4.09. The van der Waals surface area contributed by atoms with Crippen LogP contribution in [0.2, 0.25) is 0 Å². The lowest BCUT2D eigenvalue weighted by atomic mass is 10.0. The summed E-state index contributed by atoms with van der Waals surface area (Å²) in [5.41, 5.74) is 10.7. The van der Waals surface area contributed by atoms with E-state index in [0.29, 0.717) is 5.95 Å². The van der Waals surface area contributed by atoms with E-state index in [0.717, 1.165) is 83.0 Å². The Morgan fingerprint density at radius 3 is 1.73 bits per heavy atom. The lowest BCUT2D eigenvalue weighted by molar-refractivity contribution is 0.670. The smallest absolute Gasteiger partial charge is 0.235 e. The molecule has 5 nitrogen and oxygen atoms in total. The van der Waals surface area contributed by atoms with Crippen molar-refractivity contribution in [2.45, 2.75) is 0 Å². The van der Waals surface area contributed by atoms with Crippen LogP contribution in [0.1, 0.15) is 0 Å². The predicted molar refractivity (Wildman–Crippen MR) is 209 cm³/mol. The average Bonchev–Trinajstić information content (AvgIpc) is 3.86. The quantitative estimate of drug-likeness (QED) is 0.190. The van der Waals surface area contributed by atoms with Crippen LogP contribution < -0.4 is 0 Å². The molecule has 0 fully saturated rings. The number of furan rings is 1. The lowest BCUT2D eigenvalue weighted by Crippen LogP contribution is -2.05. The van der Waals surface area contributed by atoms with E-state index in [2.05, 4.69) is 161 Å². The van der Waals surface area contributed by atoms with Gasteiger partial charge >= 0.3 is 0 Å². The first kappa shape index (κ1) is 27.9. The highest BCUT2D eigenvalue weighted by molar-refractivity contribution is 6.23. The van der Waals surface area contributed by atoms with Gasteiger partial charge in [-0.15, -0.1) is 0 Å². The summed E-state index contributed by atoms with van der Waals surface area (Å²) in [7, 11) is 0. The van der Waals surface area contributed by atoms with Crippen molar-refractivity contribution in [1.29, 1.82) is 0 Å². The van der Waals surface area contributed by atoms with Crippen molar-refractivity contribution < 1.29 is 4.42 Å². The van der Waals surface area contributed by atoms with Crippen molar-refractivity contribution in [3.05, 3.63) is 170 Å². The van der Waals surface area contributed by atoms with Gasteiger partial charge in [0, 0.05) is 49.1 Å². The van der Waals surface area contributed by atoms with Gasteiger partial charge in [0.25, 0.3) is 0 Å². The maximum Gasteiger partial charge on any atom is 0.235 e. The summed E-state index contributed by atoms with van der Waals surface area (Å²) in [5.74, 6) is 0.600. The third-order valence-corrected chi connectivity index (χ3v) is 10.1. The molecule has 0 bridgehead atoms. The van der Waals surface area contributed by atoms with Crippen LogP contribution in [-0.2, 0) is 0 Å². The molecular weight excluding hydrogens is 625 g/mol. The molecule has 0 aliphatic rings. The third-order valence-electron chi connectivity index (χ3n) is 10.1. The monoisotopic (exact) mass is 652 g/mol. The number of benzene rings is 7. The zero-order valence-electron chi connectivity index (χ0n) is 27.4. The van der Waals surface area contributed by atoms with Crippen molar-refractivity contribution in [3.63, 3.8) is 0 Å². The molecule has 4 aromatic heterocycles. The molecule has 7 aromatic carbocycles. The Hall–Kier alpha value is -6.98. The first-order valence-electron chi connectivity index (χ1n) is 17.2. The summed E-state index contributed by atoms with van der Waals surface area (Å²) >= 11 is 0. The van der Waals surface area contributed by atoms with Gasteiger partial charge in [0.15, 0.2) is 0 Å². The number of hydrogen-bond donors (Lipinski definition) is 0. The number of aromatic nitrogens is 4. The van der Waals surface area contributed by atoms with Crippen LogP contribution in [0.4, 0.5) is 0 Å². The Morgan fingerprint density at radius 1 is 0.412 bits per heavy atom. The molecule has 0 atom stereocenters. The maximum absolute atomic E-state index is 6.54. The second-order valence-corrected chi connectivity index (χ2v) is 13.0. The van der Waals surface area contributed by atoms with Crippen LogP contribution >= 0.6 is 0 Å². The number of para-hydroxylation sites is 5. The minimum atomic E-state index is 0.600. The van der Waals surface area contributed by atoms with Crippen LogP contribution in [0.3, 0.4) is 0 Å². The van der Waals surface area contributed by atoms with E-state index in [4.69, 9.17) is 14.4 Å². The molecule has 238 valence electrons. The minimum absolute atomic E-state index is 0.600. The topological polar surface area (TPSA) is 48.8 Å². The van der Waals surface area contributed by atoms with Crippen LogP contribution in [0.25, 0.3) is 99.7 Å². The zero-order valence-corrected chi connectivity index (χ0v) is 27.4. The summed E-state index contributed by atoms with van der Waals surface area (Å²) in [6.45, 7) is 0. The molecule has 0 amide bonds. The lowest BCUT2D eigenvalue weighted by Gasteiger charge is -2.14. The molecule has 11 aromatic rings. The van der Waals surface area contributed by atoms with Gasteiger partial charge in [0.2, 0.25) is 5.95 Å². The Kier molecular flexibility index (Phi) is 5.89. The van der Waals surface area contributed by atoms with E-state index < -0.39 is 0 Å². The molecule has 0 aliphatic heterocycles. The standard InChI is InChI=1S/C46H28N4O/c1-3-14-29(15-4-1)38-28-39(37-22-13-21-36-33-20-9-12-25-42(33)51-45(36)37)48-46(47-38)50-41-24-11-8-19-32(41)35-27-26-34-31-18-7-10-23-40(31)49(43(34)44(35)50)30-16-5-2-6-17-30/h1-28H. The van der Waals surface area contributed by atoms with Gasteiger partial charge in [-0.05, 0) is 42.5 Å². The zero-order chi connectivity index (χ0) is 33.5. The van der Waals surface area contributed by atoms with E-state index in [1.54, 1.807) is 0 Å². The Balaban J connectivity index is 1.30. The highest BCUT2D eigenvalue weighted by Gasteiger charge is 2.23. The van der Waals surface area contributed by atoms with Crippen molar-refractivity contribution in [2.24, 2.45) is 0 Å². The van der Waals surface area contributed by atoms with Crippen LogP contribution in [-0.4, -0.2) is 19.1 Å². The van der Waals surface area contributed by atoms with Crippen LogP contribution in [0.5, 0.6) is 0 Å². The summed E-state index contributed by atoms with van der Waals surface area (Å²) in [5, 5.41) is 6.83. The van der Waals surface area contributed by atoms with Gasteiger partial charge in [-0.1, -0.05) is 127 Å². The molecular formula is C46H28N4O. The Labute approximate surface area is 292 Å². The fraction of sp³-hybridized carbons (Fsp3) is 0. The van der Waals surface area contributed by atoms with Gasteiger partial charge in [-0.2, -0.15) is 0 Å².